The van der Waals surface area contributed by atoms with Crippen LogP contribution in [0, 0.1) is 5.82 Å². The zero-order valence-electron chi connectivity index (χ0n) is 19.7. The van der Waals surface area contributed by atoms with E-state index in [0.29, 0.717) is 11.1 Å². The molecule has 0 unspecified atom stereocenters. The Morgan fingerprint density at radius 3 is 2.65 bits per heavy atom. The van der Waals surface area contributed by atoms with Crippen LogP contribution in [0.4, 0.5) is 4.39 Å². The van der Waals surface area contributed by atoms with Gasteiger partial charge in [0, 0.05) is 40.8 Å². The van der Waals surface area contributed by atoms with Crippen LogP contribution in [0.2, 0.25) is 0 Å². The highest BCUT2D eigenvalue weighted by atomic mass is 32.2. The number of fused-ring (bicyclic) bond motifs is 2. The molecule has 8 nitrogen and oxygen atoms in total. The summed E-state index contributed by atoms with van der Waals surface area (Å²) in [6, 6.07) is 18.3. The first-order valence-electron chi connectivity index (χ1n) is 11.5. The van der Waals surface area contributed by atoms with Crippen LogP contribution in [0.25, 0.3) is 55.6 Å². The maximum Gasteiger partial charge on any atom is 0.209 e. The van der Waals surface area contributed by atoms with Gasteiger partial charge in [-0.3, -0.25) is 15.1 Å². The second kappa shape index (κ2) is 8.91. The predicted octanol–water partition coefficient (Wildman–Crippen LogP) is 5.02. The maximum absolute atomic E-state index is 14.5. The van der Waals surface area contributed by atoms with Crippen molar-refractivity contribution in [3.63, 3.8) is 0 Å². The summed E-state index contributed by atoms with van der Waals surface area (Å²) < 4.78 is 39.9. The molecule has 0 atom stereocenters. The van der Waals surface area contributed by atoms with E-state index >= 15 is 0 Å². The van der Waals surface area contributed by atoms with Gasteiger partial charge in [-0.2, -0.15) is 5.10 Å². The van der Waals surface area contributed by atoms with Crippen LogP contribution in [0.5, 0.6) is 0 Å². The van der Waals surface area contributed by atoms with Crippen molar-refractivity contribution in [3.8, 4) is 33.8 Å². The number of benzene rings is 3. The molecule has 0 spiro atoms. The van der Waals surface area contributed by atoms with Gasteiger partial charge in [0.15, 0.2) is 0 Å². The van der Waals surface area contributed by atoms with Crippen LogP contribution in [0.3, 0.4) is 0 Å². The quantitative estimate of drug-likeness (QED) is 0.290. The highest BCUT2D eigenvalue weighted by Crippen LogP contribution is 2.35. The van der Waals surface area contributed by atoms with E-state index in [1.807, 2.05) is 42.5 Å². The molecule has 3 aromatic carbocycles. The van der Waals surface area contributed by atoms with Gasteiger partial charge < -0.3 is 4.98 Å². The van der Waals surface area contributed by atoms with Crippen molar-refractivity contribution in [3.05, 3.63) is 90.6 Å². The number of rotatable bonds is 6. The Balaban J connectivity index is 1.44. The highest BCUT2D eigenvalue weighted by molar-refractivity contribution is 7.88. The Kier molecular flexibility index (Phi) is 5.54. The molecular weight excluding hydrogens is 491 g/mol. The van der Waals surface area contributed by atoms with Gasteiger partial charge in [0.1, 0.15) is 11.5 Å². The van der Waals surface area contributed by atoms with Gasteiger partial charge in [-0.05, 0) is 59.2 Å². The maximum atomic E-state index is 14.5. The Morgan fingerprint density at radius 2 is 1.84 bits per heavy atom. The third-order valence-corrected chi connectivity index (χ3v) is 6.82. The molecule has 0 radical (unpaired) electrons. The van der Waals surface area contributed by atoms with E-state index in [4.69, 9.17) is 0 Å². The first-order chi connectivity index (χ1) is 17.8. The number of nitrogens with one attached hydrogen (secondary N) is 3. The lowest BCUT2D eigenvalue weighted by Gasteiger charge is -2.08. The highest BCUT2D eigenvalue weighted by Gasteiger charge is 2.15. The van der Waals surface area contributed by atoms with Gasteiger partial charge in [0.25, 0.3) is 0 Å². The molecule has 184 valence electrons. The summed E-state index contributed by atoms with van der Waals surface area (Å²) in [5, 5.41) is 9.46. The van der Waals surface area contributed by atoms with Crippen molar-refractivity contribution in [1.82, 2.24) is 29.9 Å². The van der Waals surface area contributed by atoms with Crippen molar-refractivity contribution >= 4 is 31.8 Å². The molecule has 0 saturated heterocycles. The summed E-state index contributed by atoms with van der Waals surface area (Å²) in [5.74, 6) is -0.439. The van der Waals surface area contributed by atoms with Crippen molar-refractivity contribution < 1.29 is 12.8 Å². The molecule has 3 heterocycles. The van der Waals surface area contributed by atoms with Crippen LogP contribution in [0.15, 0.2) is 79.3 Å². The number of sulfonamides is 1. The fourth-order valence-electron chi connectivity index (χ4n) is 4.48. The first-order valence-corrected chi connectivity index (χ1v) is 13.3. The largest absolute Gasteiger partial charge is 0.353 e. The molecule has 10 heteroatoms. The lowest BCUT2D eigenvalue weighted by atomic mass is 9.99. The Labute approximate surface area is 211 Å². The lowest BCUT2D eigenvalue weighted by molar-refractivity contribution is 0.586. The molecule has 0 aliphatic rings. The van der Waals surface area contributed by atoms with E-state index in [9.17, 15) is 12.8 Å². The van der Waals surface area contributed by atoms with Gasteiger partial charge in [0.05, 0.1) is 29.4 Å². The molecule has 0 bridgehead atoms. The van der Waals surface area contributed by atoms with Crippen LogP contribution < -0.4 is 4.72 Å². The van der Waals surface area contributed by atoms with E-state index in [1.54, 1.807) is 24.7 Å². The van der Waals surface area contributed by atoms with Gasteiger partial charge in [-0.1, -0.05) is 18.2 Å². The van der Waals surface area contributed by atoms with Crippen LogP contribution in [0.1, 0.15) is 5.56 Å². The van der Waals surface area contributed by atoms with E-state index < -0.39 is 15.8 Å². The summed E-state index contributed by atoms with van der Waals surface area (Å²) >= 11 is 0. The number of aromatic nitrogens is 5. The fourth-order valence-corrected chi connectivity index (χ4v) is 4.91. The summed E-state index contributed by atoms with van der Waals surface area (Å²) in [6.45, 7) is 0.00530. The summed E-state index contributed by atoms with van der Waals surface area (Å²) in [4.78, 5) is 12.0. The topological polar surface area (TPSA) is 116 Å². The first kappa shape index (κ1) is 23.0. The van der Waals surface area contributed by atoms with Gasteiger partial charge in [0.2, 0.25) is 10.0 Å². The summed E-state index contributed by atoms with van der Waals surface area (Å²) in [6.07, 6.45) is 6.08. The third kappa shape index (κ3) is 4.59. The fraction of sp³-hybridized carbons (Fsp3) is 0.0741. The monoisotopic (exact) mass is 512 g/mol. The number of hydrogen-bond acceptors (Lipinski definition) is 5. The van der Waals surface area contributed by atoms with Crippen molar-refractivity contribution in [2.75, 3.05) is 6.26 Å². The molecule has 0 amide bonds. The number of nitrogens with zero attached hydrogens (tertiary/aromatic N) is 3. The summed E-state index contributed by atoms with van der Waals surface area (Å²) in [5.41, 5.74) is 7.00. The predicted molar refractivity (Wildman–Crippen MR) is 141 cm³/mol. The molecule has 6 rings (SSSR count). The Morgan fingerprint density at radius 1 is 0.946 bits per heavy atom. The number of halogens is 1. The van der Waals surface area contributed by atoms with E-state index in [1.165, 1.54) is 12.1 Å². The second-order valence-corrected chi connectivity index (χ2v) is 10.6. The molecule has 6 aromatic rings. The summed E-state index contributed by atoms with van der Waals surface area (Å²) in [7, 11) is -3.40. The molecule has 37 heavy (non-hydrogen) atoms. The van der Waals surface area contributed by atoms with E-state index in [-0.39, 0.29) is 6.54 Å². The van der Waals surface area contributed by atoms with Crippen molar-refractivity contribution in [2.45, 2.75) is 6.54 Å². The average Bonchev–Trinajstić information content (AvgIpc) is 3.51. The zero-order valence-corrected chi connectivity index (χ0v) is 20.5. The Bertz CT molecular complexity index is 1880. The molecule has 0 fully saturated rings. The smallest absolute Gasteiger partial charge is 0.209 e. The minimum Gasteiger partial charge on any atom is -0.353 e. The van der Waals surface area contributed by atoms with Crippen LogP contribution in [-0.2, 0) is 16.6 Å². The second-order valence-electron chi connectivity index (χ2n) is 8.81. The van der Waals surface area contributed by atoms with Gasteiger partial charge in [-0.15, -0.1) is 0 Å². The van der Waals surface area contributed by atoms with E-state index in [0.717, 1.165) is 56.3 Å². The standard InChI is InChI=1S/C27H21FN6O2S/c1-37(35,36)31-14-16-9-18(11-19(28)10-16)20-3-2-4-23-21(20)13-25(32-23)27-22-12-17(5-6-24(22)33-34-27)26-15-29-7-8-30-26/h2-13,15,31-32H,14H2,1H3,(H,33,34). The average molecular weight is 513 g/mol. The third-order valence-electron chi connectivity index (χ3n) is 6.15. The van der Waals surface area contributed by atoms with Gasteiger partial charge >= 0.3 is 0 Å². The normalized spacial score (nSPS) is 11.9. The van der Waals surface area contributed by atoms with Crippen LogP contribution >= 0.6 is 0 Å². The SMILES string of the molecule is CS(=O)(=O)NCc1cc(F)cc(-c2cccc3[nH]c(-c4n[nH]c5ccc(-c6cnccn6)cc45)cc23)c1. The molecule has 0 aliphatic carbocycles. The Hall–Kier alpha value is -4.41. The molecule has 3 N–H and O–H groups in total. The number of hydrogen-bond donors (Lipinski definition) is 3. The molecule has 0 aliphatic heterocycles. The van der Waals surface area contributed by atoms with Gasteiger partial charge in [-0.25, -0.2) is 17.5 Å². The molecular formula is C27H21FN6O2S. The molecule has 0 saturated carbocycles. The minimum atomic E-state index is -3.40. The number of H-pyrrole nitrogens is 2. The van der Waals surface area contributed by atoms with E-state index in [2.05, 4.69) is 29.9 Å². The van der Waals surface area contributed by atoms with Crippen molar-refractivity contribution in [1.29, 1.82) is 0 Å². The van der Waals surface area contributed by atoms with Crippen LogP contribution in [-0.4, -0.2) is 39.8 Å². The zero-order chi connectivity index (χ0) is 25.6. The van der Waals surface area contributed by atoms with Crippen molar-refractivity contribution in [2.24, 2.45) is 0 Å². The molecule has 3 aromatic heterocycles. The number of aromatic amines is 2. The minimum absolute atomic E-state index is 0.00530. The lowest BCUT2D eigenvalue weighted by Crippen LogP contribution is -2.21.